The Morgan fingerprint density at radius 2 is 1.32 bits per heavy atom. The van der Waals surface area contributed by atoms with E-state index in [4.69, 9.17) is 11.6 Å². The molecule has 0 fully saturated rings. The van der Waals surface area contributed by atoms with E-state index in [-0.39, 0.29) is 11.8 Å². The Hall–Kier alpha value is -2.45. The summed E-state index contributed by atoms with van der Waals surface area (Å²) >= 11 is 6.04. The fraction of sp³-hybridized carbons (Fsp3) is 0.0526. The third-order valence-corrected chi connectivity index (χ3v) is 3.76. The van der Waals surface area contributed by atoms with Crippen molar-refractivity contribution in [3.8, 4) is 5.75 Å². The molecule has 0 aromatic heterocycles. The van der Waals surface area contributed by atoms with Gasteiger partial charge in [-0.3, -0.25) is 0 Å². The molecule has 0 heterocycles. The van der Waals surface area contributed by atoms with Crippen molar-refractivity contribution in [2.75, 3.05) is 5.32 Å². The number of nitrogens with one attached hydrogen (secondary N) is 1. The molecule has 0 unspecified atom stereocenters. The maximum absolute atomic E-state index is 10.1. The first-order chi connectivity index (χ1) is 10.7. The summed E-state index contributed by atoms with van der Waals surface area (Å²) in [4.78, 5) is 0. The number of rotatable bonds is 4. The smallest absolute Gasteiger partial charge is 0.138 e. The van der Waals surface area contributed by atoms with Gasteiger partial charge >= 0.3 is 0 Å². The average Bonchev–Trinajstić information content (AvgIpc) is 2.57. The Bertz CT molecular complexity index is 704. The van der Waals surface area contributed by atoms with Crippen molar-refractivity contribution >= 4 is 17.3 Å². The molecule has 0 amide bonds. The molecule has 110 valence electrons. The lowest BCUT2D eigenvalue weighted by Gasteiger charge is -2.21. The van der Waals surface area contributed by atoms with Crippen LogP contribution in [0.2, 0.25) is 5.02 Å². The highest BCUT2D eigenvalue weighted by atomic mass is 35.5. The zero-order valence-corrected chi connectivity index (χ0v) is 12.7. The minimum atomic E-state index is -0.0632. The van der Waals surface area contributed by atoms with Gasteiger partial charge in [0.05, 0.1) is 11.7 Å². The lowest BCUT2D eigenvalue weighted by molar-refractivity contribution is 0.477. The first-order valence-electron chi connectivity index (χ1n) is 7.09. The maximum Gasteiger partial charge on any atom is 0.138 e. The van der Waals surface area contributed by atoms with E-state index in [1.54, 1.807) is 18.2 Å². The molecule has 3 aromatic rings. The van der Waals surface area contributed by atoms with Crippen LogP contribution in [0.1, 0.15) is 17.2 Å². The summed E-state index contributed by atoms with van der Waals surface area (Å²) in [5.41, 5.74) is 2.85. The van der Waals surface area contributed by atoms with Crippen molar-refractivity contribution in [1.82, 2.24) is 0 Å². The summed E-state index contributed by atoms with van der Waals surface area (Å²) in [5.74, 6) is 0.182. The van der Waals surface area contributed by atoms with E-state index in [0.29, 0.717) is 10.7 Å². The SMILES string of the molecule is Oc1ccc(Cl)cc1NC(c1ccccc1)c1ccccc1. The molecule has 3 rings (SSSR count). The zero-order valence-electron chi connectivity index (χ0n) is 11.9. The summed E-state index contributed by atoms with van der Waals surface area (Å²) in [5, 5.41) is 14.0. The Kier molecular flexibility index (Phi) is 4.31. The van der Waals surface area contributed by atoms with Gasteiger partial charge in [0.25, 0.3) is 0 Å². The van der Waals surface area contributed by atoms with Gasteiger partial charge in [-0.2, -0.15) is 0 Å². The monoisotopic (exact) mass is 309 g/mol. The third kappa shape index (κ3) is 3.23. The minimum Gasteiger partial charge on any atom is -0.506 e. The van der Waals surface area contributed by atoms with E-state index in [9.17, 15) is 5.11 Å². The van der Waals surface area contributed by atoms with Crippen molar-refractivity contribution in [2.24, 2.45) is 0 Å². The van der Waals surface area contributed by atoms with Gasteiger partial charge in [-0.1, -0.05) is 72.3 Å². The van der Waals surface area contributed by atoms with E-state index >= 15 is 0 Å². The number of phenols is 1. The summed E-state index contributed by atoms with van der Waals surface area (Å²) < 4.78 is 0. The standard InChI is InChI=1S/C19H16ClNO/c20-16-11-12-18(22)17(13-16)21-19(14-7-3-1-4-8-14)15-9-5-2-6-10-15/h1-13,19,21-22H. The molecule has 0 aliphatic carbocycles. The zero-order chi connectivity index (χ0) is 15.4. The van der Waals surface area contributed by atoms with Gasteiger partial charge in [0, 0.05) is 5.02 Å². The molecule has 0 atom stereocenters. The predicted octanol–water partition coefficient (Wildman–Crippen LogP) is 5.25. The Labute approximate surface area is 135 Å². The van der Waals surface area contributed by atoms with Gasteiger partial charge < -0.3 is 10.4 Å². The Balaban J connectivity index is 2.01. The second kappa shape index (κ2) is 6.54. The number of phenolic OH excluding ortho intramolecular Hbond substituents is 1. The van der Waals surface area contributed by atoms with Gasteiger partial charge in [-0.05, 0) is 29.3 Å². The van der Waals surface area contributed by atoms with Crippen LogP contribution < -0.4 is 5.32 Å². The molecule has 3 aromatic carbocycles. The van der Waals surface area contributed by atoms with Crippen LogP contribution >= 0.6 is 11.6 Å². The Morgan fingerprint density at radius 3 is 1.86 bits per heavy atom. The Morgan fingerprint density at radius 1 is 0.773 bits per heavy atom. The normalized spacial score (nSPS) is 10.6. The van der Waals surface area contributed by atoms with E-state index in [1.165, 1.54) is 0 Å². The molecule has 0 spiro atoms. The molecule has 3 heteroatoms. The number of benzene rings is 3. The van der Waals surface area contributed by atoms with Crippen LogP contribution in [-0.4, -0.2) is 5.11 Å². The van der Waals surface area contributed by atoms with Crippen LogP contribution in [-0.2, 0) is 0 Å². The van der Waals surface area contributed by atoms with Crippen LogP contribution in [0.5, 0.6) is 5.75 Å². The van der Waals surface area contributed by atoms with Gasteiger partial charge in [-0.25, -0.2) is 0 Å². The first kappa shape index (κ1) is 14.5. The van der Waals surface area contributed by atoms with E-state index in [2.05, 4.69) is 29.6 Å². The molecule has 2 nitrogen and oxygen atoms in total. The summed E-state index contributed by atoms with van der Waals surface area (Å²) in [7, 11) is 0. The minimum absolute atomic E-state index is 0.0632. The molecule has 0 saturated heterocycles. The van der Waals surface area contributed by atoms with Crippen molar-refractivity contribution in [2.45, 2.75) is 6.04 Å². The van der Waals surface area contributed by atoms with Crippen molar-refractivity contribution < 1.29 is 5.11 Å². The average molecular weight is 310 g/mol. The fourth-order valence-corrected chi connectivity index (χ4v) is 2.60. The number of hydrogen-bond donors (Lipinski definition) is 2. The fourth-order valence-electron chi connectivity index (χ4n) is 2.43. The van der Waals surface area contributed by atoms with Gasteiger partial charge in [-0.15, -0.1) is 0 Å². The molecular weight excluding hydrogens is 294 g/mol. The van der Waals surface area contributed by atoms with Crippen LogP contribution in [0.15, 0.2) is 78.9 Å². The largest absolute Gasteiger partial charge is 0.506 e. The molecular formula is C19H16ClNO. The third-order valence-electron chi connectivity index (χ3n) is 3.52. The van der Waals surface area contributed by atoms with Crippen molar-refractivity contribution in [1.29, 1.82) is 0 Å². The van der Waals surface area contributed by atoms with Crippen molar-refractivity contribution in [3.05, 3.63) is 95.0 Å². The van der Waals surface area contributed by atoms with Gasteiger partial charge in [0.15, 0.2) is 0 Å². The summed E-state index contributed by atoms with van der Waals surface area (Å²) in [6.45, 7) is 0. The van der Waals surface area contributed by atoms with E-state index < -0.39 is 0 Å². The van der Waals surface area contributed by atoms with E-state index in [1.807, 2.05) is 36.4 Å². The summed E-state index contributed by atoms with van der Waals surface area (Å²) in [6, 6.07) is 25.2. The second-order valence-electron chi connectivity index (χ2n) is 5.06. The lowest BCUT2D eigenvalue weighted by atomic mass is 9.98. The molecule has 0 radical (unpaired) electrons. The predicted molar refractivity (Wildman–Crippen MR) is 91.5 cm³/mol. The van der Waals surface area contributed by atoms with Gasteiger partial charge in [0.2, 0.25) is 0 Å². The number of hydrogen-bond acceptors (Lipinski definition) is 2. The second-order valence-corrected chi connectivity index (χ2v) is 5.50. The van der Waals surface area contributed by atoms with Gasteiger partial charge in [0.1, 0.15) is 5.75 Å². The highest BCUT2D eigenvalue weighted by Gasteiger charge is 2.15. The van der Waals surface area contributed by atoms with Crippen molar-refractivity contribution in [3.63, 3.8) is 0 Å². The molecule has 2 N–H and O–H groups in total. The first-order valence-corrected chi connectivity index (χ1v) is 7.47. The molecule has 22 heavy (non-hydrogen) atoms. The number of anilines is 1. The molecule has 0 aliphatic heterocycles. The topological polar surface area (TPSA) is 32.3 Å². The van der Waals surface area contributed by atoms with Crippen LogP contribution in [0.4, 0.5) is 5.69 Å². The molecule has 0 saturated carbocycles. The molecule has 0 bridgehead atoms. The maximum atomic E-state index is 10.1. The summed E-state index contributed by atoms with van der Waals surface area (Å²) in [6.07, 6.45) is 0. The van der Waals surface area contributed by atoms with Crippen LogP contribution in [0.25, 0.3) is 0 Å². The van der Waals surface area contributed by atoms with Crippen LogP contribution in [0.3, 0.4) is 0 Å². The van der Waals surface area contributed by atoms with E-state index in [0.717, 1.165) is 11.1 Å². The number of aromatic hydroxyl groups is 1. The van der Waals surface area contributed by atoms with Crippen LogP contribution in [0, 0.1) is 0 Å². The lowest BCUT2D eigenvalue weighted by Crippen LogP contribution is -2.12. The quantitative estimate of drug-likeness (QED) is 0.645. The number of halogens is 1. The molecule has 0 aliphatic rings. The highest BCUT2D eigenvalue weighted by molar-refractivity contribution is 6.30. The highest BCUT2D eigenvalue weighted by Crippen LogP contribution is 2.32.